The summed E-state index contributed by atoms with van der Waals surface area (Å²) in [4.78, 5) is 0. The molecule has 0 bridgehead atoms. The lowest BCUT2D eigenvalue weighted by Crippen LogP contribution is -1.72. The van der Waals surface area contributed by atoms with E-state index in [4.69, 9.17) is 5.11 Å². The van der Waals surface area contributed by atoms with Gasteiger partial charge in [-0.3, -0.25) is 0 Å². The van der Waals surface area contributed by atoms with Crippen LogP contribution in [-0.4, -0.2) is 5.11 Å². The normalized spacial score (nSPS) is 7.07. The number of hydrogen-bond donors (Lipinski definition) is 1. The third-order valence-corrected chi connectivity index (χ3v) is 1.27. The minimum Gasteiger partial charge on any atom is -0.513 e. The predicted molar refractivity (Wildman–Crippen MR) is 72.1 cm³/mol. The van der Waals surface area contributed by atoms with Crippen LogP contribution < -0.4 is 0 Å². The van der Waals surface area contributed by atoms with Crippen molar-refractivity contribution < 1.29 is 5.11 Å². The maximum atomic E-state index is 7.86. The smallest absolute Gasteiger partial charge is 0.0820 e. The summed E-state index contributed by atoms with van der Waals surface area (Å²) in [6, 6.07) is 10.2. The van der Waals surface area contributed by atoms with Crippen molar-refractivity contribution in [1.82, 2.24) is 0 Å². The van der Waals surface area contributed by atoms with Crippen LogP contribution in [0, 0.1) is 0 Å². The Bertz CT molecular complexity index is 269. The van der Waals surface area contributed by atoms with Crippen molar-refractivity contribution in [2.45, 2.75) is 28.7 Å². The van der Waals surface area contributed by atoms with Gasteiger partial charge in [0, 0.05) is 0 Å². The van der Waals surface area contributed by atoms with E-state index in [1.165, 1.54) is 12.5 Å². The Labute approximate surface area is 94.8 Å². The lowest BCUT2D eigenvalue weighted by atomic mass is 10.1. The van der Waals surface area contributed by atoms with Crippen LogP contribution in [0.15, 0.2) is 49.2 Å². The molecule has 0 radical (unpaired) electrons. The Morgan fingerprint density at radius 3 is 1.53 bits per heavy atom. The van der Waals surface area contributed by atoms with E-state index in [1.807, 2.05) is 25.1 Å². The van der Waals surface area contributed by atoms with Gasteiger partial charge in [-0.25, -0.2) is 0 Å². The summed E-state index contributed by atoms with van der Waals surface area (Å²) in [5.41, 5.74) is 2.34. The highest BCUT2D eigenvalue weighted by molar-refractivity contribution is 5.60. The monoisotopic (exact) mass is 208 g/mol. The van der Waals surface area contributed by atoms with E-state index in [0.717, 1.165) is 5.57 Å². The second kappa shape index (κ2) is 10.6. The first kappa shape index (κ1) is 19.1. The van der Waals surface area contributed by atoms with Crippen molar-refractivity contribution in [3.8, 4) is 0 Å². The van der Waals surface area contributed by atoms with E-state index < -0.39 is 0 Å². The molecule has 86 valence electrons. The van der Waals surface area contributed by atoms with Crippen molar-refractivity contribution in [3.63, 3.8) is 0 Å². The van der Waals surface area contributed by atoms with Gasteiger partial charge in [-0.15, -0.1) is 0 Å². The molecule has 0 unspecified atom stereocenters. The van der Waals surface area contributed by atoms with Crippen molar-refractivity contribution >= 4 is 5.57 Å². The van der Waals surface area contributed by atoms with E-state index in [0.29, 0.717) is 0 Å². The van der Waals surface area contributed by atoms with Gasteiger partial charge in [-0.2, -0.15) is 0 Å². The second-order valence-corrected chi connectivity index (χ2v) is 2.88. The molecule has 1 rings (SSSR count). The fraction of sp³-hybridized carbons (Fsp3) is 0.286. The highest BCUT2D eigenvalue weighted by Gasteiger charge is 1.86. The molecule has 1 nitrogen and oxygen atoms in total. The second-order valence-electron chi connectivity index (χ2n) is 2.88. The molecule has 0 atom stereocenters. The van der Waals surface area contributed by atoms with Crippen LogP contribution in [0.3, 0.4) is 0 Å². The minimum absolute atomic E-state index is 0. The molecule has 0 amide bonds. The molecule has 1 N–H and O–H groups in total. The number of rotatable bonds is 1. The fourth-order valence-corrected chi connectivity index (χ4v) is 0.723. The number of hydrogen-bond acceptors (Lipinski definition) is 1. The molecule has 0 saturated carbocycles. The van der Waals surface area contributed by atoms with E-state index in [2.05, 4.69) is 25.3 Å². The van der Waals surface area contributed by atoms with E-state index in [1.54, 1.807) is 0 Å². The first-order valence-electron chi connectivity index (χ1n) is 4.09. The van der Waals surface area contributed by atoms with Crippen LogP contribution in [0.2, 0.25) is 0 Å². The van der Waals surface area contributed by atoms with Crippen LogP contribution >= 0.6 is 0 Å². The zero-order chi connectivity index (χ0) is 10.3. The van der Waals surface area contributed by atoms with Gasteiger partial charge < -0.3 is 5.11 Å². The molecular weight excluding hydrogens is 184 g/mol. The summed E-state index contributed by atoms with van der Waals surface area (Å²) in [5.74, 6) is 0.167. The topological polar surface area (TPSA) is 20.2 Å². The van der Waals surface area contributed by atoms with E-state index in [9.17, 15) is 0 Å². The van der Waals surface area contributed by atoms with Crippen LogP contribution in [0.1, 0.15) is 34.3 Å². The molecule has 0 fully saturated rings. The Morgan fingerprint density at radius 2 is 1.33 bits per heavy atom. The highest BCUT2D eigenvalue weighted by Crippen LogP contribution is 2.08. The van der Waals surface area contributed by atoms with Crippen LogP contribution in [0.5, 0.6) is 0 Å². The van der Waals surface area contributed by atoms with Crippen molar-refractivity contribution in [1.29, 1.82) is 0 Å². The molecular formula is C14H24O. The molecule has 1 aromatic carbocycles. The van der Waals surface area contributed by atoms with E-state index >= 15 is 0 Å². The van der Waals surface area contributed by atoms with Crippen LogP contribution in [-0.2, 0) is 0 Å². The number of aliphatic hydroxyl groups excluding tert-OH is 1. The highest BCUT2D eigenvalue weighted by atomic mass is 16.3. The summed E-state index contributed by atoms with van der Waals surface area (Å²) in [7, 11) is 0. The maximum Gasteiger partial charge on any atom is 0.0820 e. The Hall–Kier alpha value is -1.50. The van der Waals surface area contributed by atoms with Gasteiger partial charge in [0.2, 0.25) is 0 Å². The summed E-state index contributed by atoms with van der Waals surface area (Å²) < 4.78 is 0. The average Bonchev–Trinajstić information content (AvgIpc) is 2.05. The maximum absolute atomic E-state index is 7.86. The van der Waals surface area contributed by atoms with Crippen molar-refractivity contribution in [2.24, 2.45) is 0 Å². The van der Waals surface area contributed by atoms with Gasteiger partial charge in [0.1, 0.15) is 0 Å². The van der Waals surface area contributed by atoms with Gasteiger partial charge in [0.25, 0.3) is 0 Å². The predicted octanol–water partition coefficient (Wildman–Crippen LogP) is 5.07. The van der Waals surface area contributed by atoms with Crippen LogP contribution in [0.4, 0.5) is 0 Å². The SMILES string of the molecule is C.C.C=C(C)O.C=C(C)c1ccccc1. The van der Waals surface area contributed by atoms with E-state index in [-0.39, 0.29) is 20.6 Å². The lowest BCUT2D eigenvalue weighted by molar-refractivity contribution is 0.417. The molecule has 1 heteroatoms. The van der Waals surface area contributed by atoms with Crippen molar-refractivity contribution in [3.05, 3.63) is 54.8 Å². The van der Waals surface area contributed by atoms with Gasteiger partial charge in [0.15, 0.2) is 0 Å². The molecule has 0 saturated heterocycles. The number of benzene rings is 1. The molecule has 1 aromatic rings. The minimum atomic E-state index is 0. The first-order chi connectivity index (χ1) is 6.04. The summed E-state index contributed by atoms with van der Waals surface area (Å²) in [6.45, 7) is 10.5. The quantitative estimate of drug-likeness (QED) is 0.639. The standard InChI is InChI=1S/C9H10.C3H6O.2CH4/c1-8(2)9-6-4-3-5-7-9;1-3(2)4;;/h3-7H,1H2,2H3;4H,1H2,2H3;2*1H4. The summed E-state index contributed by atoms with van der Waals surface area (Å²) >= 11 is 0. The molecule has 0 aromatic heterocycles. The van der Waals surface area contributed by atoms with Gasteiger partial charge in [-0.1, -0.05) is 63.9 Å². The largest absolute Gasteiger partial charge is 0.513 e. The molecule has 15 heavy (non-hydrogen) atoms. The number of allylic oxidation sites excluding steroid dienone is 2. The van der Waals surface area contributed by atoms with Crippen LogP contribution in [0.25, 0.3) is 5.57 Å². The van der Waals surface area contributed by atoms with Gasteiger partial charge in [-0.05, 0) is 19.4 Å². The number of aliphatic hydroxyl groups is 1. The average molecular weight is 208 g/mol. The first-order valence-corrected chi connectivity index (χ1v) is 4.09. The zero-order valence-electron chi connectivity index (χ0n) is 8.25. The molecule has 0 aliphatic rings. The summed E-state index contributed by atoms with van der Waals surface area (Å²) in [6.07, 6.45) is 0. The lowest BCUT2D eigenvalue weighted by Gasteiger charge is -1.94. The Balaban J connectivity index is -0.000000213. The molecule has 0 aliphatic carbocycles. The van der Waals surface area contributed by atoms with Gasteiger partial charge >= 0.3 is 0 Å². The zero-order valence-corrected chi connectivity index (χ0v) is 8.25. The van der Waals surface area contributed by atoms with Gasteiger partial charge in [0.05, 0.1) is 5.76 Å². The third-order valence-electron chi connectivity index (χ3n) is 1.27. The fourth-order valence-electron chi connectivity index (χ4n) is 0.723. The molecule has 0 spiro atoms. The summed E-state index contributed by atoms with van der Waals surface area (Å²) in [5, 5.41) is 7.86. The van der Waals surface area contributed by atoms with Crippen molar-refractivity contribution in [2.75, 3.05) is 0 Å². The Morgan fingerprint density at radius 1 is 1.00 bits per heavy atom. The third kappa shape index (κ3) is 12.5. The molecule has 0 aliphatic heterocycles. The molecule has 0 heterocycles. The Kier molecular flexibility index (Phi) is 13.5.